The lowest BCUT2D eigenvalue weighted by Gasteiger charge is -2.57. The summed E-state index contributed by atoms with van der Waals surface area (Å²) in [6.07, 6.45) is 11.1. The van der Waals surface area contributed by atoms with E-state index in [-0.39, 0.29) is 0 Å². The number of nitrogens with zero attached hydrogens (tertiary/aromatic N) is 1. The molecule has 0 amide bonds. The van der Waals surface area contributed by atoms with Crippen molar-refractivity contribution in [3.05, 3.63) is 29.8 Å². The number of anilines is 1. The van der Waals surface area contributed by atoms with E-state index in [9.17, 15) is 10.4 Å². The van der Waals surface area contributed by atoms with Crippen LogP contribution in [0, 0.1) is 52.3 Å². The minimum absolute atomic E-state index is 0.415. The van der Waals surface area contributed by atoms with Gasteiger partial charge in [0.1, 0.15) is 0 Å². The Kier molecular flexibility index (Phi) is 6.25. The third-order valence-electron chi connectivity index (χ3n) is 10.6. The molecule has 0 aromatic heterocycles. The zero-order chi connectivity index (χ0) is 23.2. The molecule has 4 saturated carbocycles. The molecule has 4 fully saturated rings. The van der Waals surface area contributed by atoms with Crippen LogP contribution in [0.5, 0.6) is 0 Å². The summed E-state index contributed by atoms with van der Waals surface area (Å²) in [6, 6.07) is 10.6. The van der Waals surface area contributed by atoms with Gasteiger partial charge in [-0.05, 0) is 124 Å². The maximum absolute atomic E-state index is 11.0. The second-order valence-corrected chi connectivity index (χ2v) is 12.2. The van der Waals surface area contributed by atoms with Gasteiger partial charge in [-0.1, -0.05) is 13.0 Å². The molecule has 1 aromatic carbocycles. The number of aliphatic hydroxyl groups is 1. The second-order valence-electron chi connectivity index (χ2n) is 12.2. The molecule has 0 saturated heterocycles. The van der Waals surface area contributed by atoms with Crippen molar-refractivity contribution >= 4 is 5.69 Å². The zero-order valence-electron chi connectivity index (χ0n) is 20.7. The summed E-state index contributed by atoms with van der Waals surface area (Å²) in [5.41, 5.74) is 1.63. The Hall–Kier alpha value is -1.57. The van der Waals surface area contributed by atoms with Crippen molar-refractivity contribution in [3.63, 3.8) is 0 Å². The fourth-order valence-corrected chi connectivity index (χ4v) is 9.27. The van der Waals surface area contributed by atoms with E-state index in [2.05, 4.69) is 31.3 Å². The Morgan fingerprint density at radius 3 is 2.73 bits per heavy atom. The lowest BCUT2D eigenvalue weighted by Crippen LogP contribution is -2.52. The molecule has 4 aliphatic rings. The van der Waals surface area contributed by atoms with Gasteiger partial charge in [-0.3, -0.25) is 0 Å². The van der Waals surface area contributed by atoms with Gasteiger partial charge in [-0.2, -0.15) is 5.26 Å². The van der Waals surface area contributed by atoms with Gasteiger partial charge in [0.05, 0.1) is 23.8 Å². The van der Waals surface area contributed by atoms with Crippen LogP contribution in [0.2, 0.25) is 0 Å². The van der Waals surface area contributed by atoms with Crippen molar-refractivity contribution in [2.45, 2.75) is 83.3 Å². The lowest BCUT2D eigenvalue weighted by molar-refractivity contribution is -0.124. The van der Waals surface area contributed by atoms with E-state index in [1.165, 1.54) is 44.9 Å². The highest BCUT2D eigenvalue weighted by molar-refractivity contribution is 5.49. The molecular formula is C29H42N2O2. The number of nitrogens with one attached hydrogen (secondary N) is 1. The highest BCUT2D eigenvalue weighted by Crippen LogP contribution is 2.65. The number of benzene rings is 1. The van der Waals surface area contributed by atoms with Gasteiger partial charge in [0.25, 0.3) is 0 Å². The molecule has 1 aromatic rings. The fourth-order valence-electron chi connectivity index (χ4n) is 9.27. The van der Waals surface area contributed by atoms with E-state index in [0.717, 1.165) is 47.8 Å². The van der Waals surface area contributed by atoms with Crippen molar-refractivity contribution in [2.75, 3.05) is 19.0 Å². The molecule has 180 valence electrons. The Balaban J connectivity index is 1.28. The predicted octanol–water partition coefficient (Wildman–Crippen LogP) is 6.00. The summed E-state index contributed by atoms with van der Waals surface area (Å²) >= 11 is 0. The topological polar surface area (TPSA) is 65.3 Å². The third-order valence-corrected chi connectivity index (χ3v) is 10.6. The van der Waals surface area contributed by atoms with Crippen LogP contribution < -0.4 is 5.32 Å². The van der Waals surface area contributed by atoms with Crippen molar-refractivity contribution in [2.24, 2.45) is 40.9 Å². The van der Waals surface area contributed by atoms with Crippen LogP contribution in [-0.2, 0) is 4.74 Å². The van der Waals surface area contributed by atoms with Gasteiger partial charge >= 0.3 is 0 Å². The first kappa shape index (κ1) is 23.2. The van der Waals surface area contributed by atoms with Crippen molar-refractivity contribution in [1.82, 2.24) is 0 Å². The number of nitriles is 1. The Morgan fingerprint density at radius 1 is 1.12 bits per heavy atom. The van der Waals surface area contributed by atoms with E-state index < -0.39 is 5.60 Å². The maximum Gasteiger partial charge on any atom is 0.0992 e. The van der Waals surface area contributed by atoms with Crippen LogP contribution >= 0.6 is 0 Å². The van der Waals surface area contributed by atoms with Gasteiger partial charge in [0, 0.05) is 18.8 Å². The first-order valence-electron chi connectivity index (χ1n) is 13.3. The Morgan fingerprint density at radius 2 is 1.94 bits per heavy atom. The van der Waals surface area contributed by atoms with E-state index in [0.29, 0.717) is 29.9 Å². The first-order chi connectivity index (χ1) is 15.9. The minimum Gasteiger partial charge on any atom is -0.387 e. The normalized spacial score (nSPS) is 43.0. The van der Waals surface area contributed by atoms with Gasteiger partial charge in [-0.25, -0.2) is 0 Å². The molecule has 1 unspecified atom stereocenters. The van der Waals surface area contributed by atoms with E-state index >= 15 is 0 Å². The molecule has 4 heteroatoms. The summed E-state index contributed by atoms with van der Waals surface area (Å²) in [5.74, 6) is 4.77. The van der Waals surface area contributed by atoms with Gasteiger partial charge in [-0.15, -0.1) is 0 Å². The smallest absolute Gasteiger partial charge is 0.0992 e. The number of rotatable bonds is 5. The molecule has 33 heavy (non-hydrogen) atoms. The number of fused-ring (bicyclic) bond motifs is 5. The van der Waals surface area contributed by atoms with Crippen molar-refractivity contribution in [3.8, 4) is 6.07 Å². The van der Waals surface area contributed by atoms with Crippen LogP contribution in [0.15, 0.2) is 24.3 Å². The van der Waals surface area contributed by atoms with Crippen LogP contribution in [0.3, 0.4) is 0 Å². The summed E-state index contributed by atoms with van der Waals surface area (Å²) in [7, 11) is 1.72. The number of methoxy groups -OCH3 is 1. The average Bonchev–Trinajstić information content (AvgIpc) is 3.16. The Labute approximate surface area is 200 Å². The maximum atomic E-state index is 11.0. The summed E-state index contributed by atoms with van der Waals surface area (Å²) in [5, 5.41) is 24.0. The molecule has 0 aliphatic heterocycles. The number of hydrogen-bond donors (Lipinski definition) is 2. The van der Waals surface area contributed by atoms with Gasteiger partial charge < -0.3 is 15.2 Å². The highest BCUT2D eigenvalue weighted by Gasteiger charge is 2.58. The van der Waals surface area contributed by atoms with E-state index in [1.54, 1.807) is 7.11 Å². The standard InChI is InChI=1S/C29H42N2O2/c1-19(31-22-6-4-5-20(15-22)17-30)26-9-10-27-25-8-7-21-16-29(32,18-33-3)14-12-23(21)24(25)11-13-28(26,27)2/h4-6,15,19,21,23-27,31-32H,7-14,16,18H2,1-3H3/t19-,21-,23+,24-,25-,26?,27+,28-,29-/m1/s1. The quantitative estimate of drug-likeness (QED) is 0.577. The van der Waals surface area contributed by atoms with Gasteiger partial charge in [0.15, 0.2) is 0 Å². The molecule has 2 N–H and O–H groups in total. The summed E-state index contributed by atoms with van der Waals surface area (Å²) in [4.78, 5) is 0. The predicted molar refractivity (Wildman–Crippen MR) is 132 cm³/mol. The van der Waals surface area contributed by atoms with E-state index in [1.807, 2.05) is 18.2 Å². The average molecular weight is 451 g/mol. The summed E-state index contributed by atoms with van der Waals surface area (Å²) in [6.45, 7) is 5.45. The monoisotopic (exact) mass is 450 g/mol. The molecule has 4 aliphatic carbocycles. The van der Waals surface area contributed by atoms with Crippen LogP contribution in [-0.4, -0.2) is 30.5 Å². The molecule has 4 nitrogen and oxygen atoms in total. The van der Waals surface area contributed by atoms with Crippen LogP contribution in [0.25, 0.3) is 0 Å². The fraction of sp³-hybridized carbons (Fsp3) is 0.759. The first-order valence-corrected chi connectivity index (χ1v) is 13.3. The van der Waals surface area contributed by atoms with Gasteiger partial charge in [0.2, 0.25) is 0 Å². The number of hydrogen-bond acceptors (Lipinski definition) is 4. The summed E-state index contributed by atoms with van der Waals surface area (Å²) < 4.78 is 5.36. The largest absolute Gasteiger partial charge is 0.387 e. The molecular weight excluding hydrogens is 408 g/mol. The van der Waals surface area contributed by atoms with Crippen molar-refractivity contribution < 1.29 is 9.84 Å². The minimum atomic E-state index is -0.589. The lowest BCUT2D eigenvalue weighted by atomic mass is 9.48. The van der Waals surface area contributed by atoms with Crippen molar-refractivity contribution in [1.29, 1.82) is 5.26 Å². The molecule has 5 rings (SSSR count). The SMILES string of the molecule is COC[C@@]1(O)CC[C@H]2[C@H](CC[C@@H]3[C@@H]2CC[C@]2(C)C([C@@H](C)Nc4cccc(C#N)c4)CC[C@@H]32)C1. The van der Waals surface area contributed by atoms with E-state index in [4.69, 9.17) is 4.74 Å². The molecule has 0 heterocycles. The molecule has 0 radical (unpaired) electrons. The number of ether oxygens (including phenoxy) is 1. The second kappa shape index (κ2) is 8.90. The third kappa shape index (κ3) is 4.10. The zero-order valence-corrected chi connectivity index (χ0v) is 20.7. The van der Waals surface area contributed by atoms with Crippen LogP contribution in [0.4, 0.5) is 5.69 Å². The molecule has 0 bridgehead atoms. The molecule has 9 atom stereocenters. The molecule has 0 spiro atoms. The Bertz CT molecular complexity index is 896. The highest BCUT2D eigenvalue weighted by atomic mass is 16.5. The van der Waals surface area contributed by atoms with Crippen LogP contribution in [0.1, 0.15) is 77.2 Å².